The molecule has 0 bridgehead atoms. The third kappa shape index (κ3) is 2.31. The molecule has 2 fully saturated rings. The summed E-state index contributed by atoms with van der Waals surface area (Å²) in [5, 5.41) is 0. The van der Waals surface area contributed by atoms with Crippen molar-refractivity contribution < 1.29 is 0 Å². The molecule has 2 saturated carbocycles. The van der Waals surface area contributed by atoms with Gasteiger partial charge in [-0.3, -0.25) is 0 Å². The fraction of sp³-hybridized carbons (Fsp3) is 0.625. The second kappa shape index (κ2) is 5.03. The molecule has 0 aromatic heterocycles. The van der Waals surface area contributed by atoms with Crippen LogP contribution in [0.15, 0.2) is 36.0 Å². The molecule has 0 heteroatoms. The monoisotopic (exact) mass is 216 g/mol. The molecule has 0 saturated heterocycles. The molecule has 0 N–H and O–H groups in total. The van der Waals surface area contributed by atoms with Crippen molar-refractivity contribution in [3.8, 4) is 0 Å². The zero-order valence-corrected chi connectivity index (χ0v) is 10.7. The first-order valence-corrected chi connectivity index (χ1v) is 6.72. The zero-order valence-electron chi connectivity index (χ0n) is 10.7. The summed E-state index contributed by atoms with van der Waals surface area (Å²) in [7, 11) is 0. The normalized spacial score (nSPS) is 37.5. The first-order chi connectivity index (χ1) is 7.72. The van der Waals surface area contributed by atoms with Crippen molar-refractivity contribution in [2.45, 2.75) is 46.0 Å². The Kier molecular flexibility index (Phi) is 3.68. The maximum absolute atomic E-state index is 3.81. The summed E-state index contributed by atoms with van der Waals surface area (Å²) in [6.45, 7) is 8.37. The van der Waals surface area contributed by atoms with Gasteiger partial charge >= 0.3 is 0 Å². The highest BCUT2D eigenvalue weighted by atomic mass is 14.4. The smallest absolute Gasteiger partial charge is 0.0169 e. The van der Waals surface area contributed by atoms with Crippen LogP contribution in [0, 0.1) is 17.8 Å². The molecule has 2 aliphatic rings. The molecule has 0 aromatic carbocycles. The molecule has 0 nitrogen and oxygen atoms in total. The lowest BCUT2D eigenvalue weighted by molar-refractivity contribution is 0.293. The third-order valence-electron chi connectivity index (χ3n) is 4.54. The van der Waals surface area contributed by atoms with Crippen LogP contribution >= 0.6 is 0 Å². The van der Waals surface area contributed by atoms with Gasteiger partial charge in [0.15, 0.2) is 0 Å². The van der Waals surface area contributed by atoms with Crippen LogP contribution in [-0.2, 0) is 0 Å². The second-order valence-corrected chi connectivity index (χ2v) is 5.57. The van der Waals surface area contributed by atoms with Gasteiger partial charge in [-0.25, -0.2) is 0 Å². The minimum Gasteiger partial charge on any atom is -0.0988 e. The van der Waals surface area contributed by atoms with E-state index in [9.17, 15) is 0 Å². The highest BCUT2D eigenvalue weighted by Crippen LogP contribution is 2.48. The Bertz CT molecular complexity index is 319. The third-order valence-corrected chi connectivity index (χ3v) is 4.54. The summed E-state index contributed by atoms with van der Waals surface area (Å²) in [6.07, 6.45) is 13.6. The van der Waals surface area contributed by atoms with Gasteiger partial charge in [0.25, 0.3) is 0 Å². The Balaban J connectivity index is 2.13. The highest BCUT2D eigenvalue weighted by Gasteiger charge is 2.37. The molecular weight excluding hydrogens is 192 g/mol. The van der Waals surface area contributed by atoms with Crippen LogP contribution in [0.25, 0.3) is 0 Å². The number of allylic oxidation sites excluding steroid dienone is 5. The Morgan fingerprint density at radius 1 is 1.31 bits per heavy atom. The molecule has 3 atom stereocenters. The molecule has 2 aliphatic carbocycles. The lowest BCUT2D eigenvalue weighted by atomic mass is 9.75. The van der Waals surface area contributed by atoms with Gasteiger partial charge in [-0.05, 0) is 56.8 Å². The van der Waals surface area contributed by atoms with Gasteiger partial charge in [0, 0.05) is 0 Å². The molecule has 3 unspecified atom stereocenters. The van der Waals surface area contributed by atoms with Crippen molar-refractivity contribution in [3.05, 3.63) is 36.0 Å². The standard InChI is InChI=1S/C16H24/c1-4-12(2)8-10-14-6-5-7-15-13(3)9-11-16(14)15/h4,8,10,13,15-16H,1,5-7,9,11H2,2-3H3/b12-8-,14-10+. The van der Waals surface area contributed by atoms with E-state index in [4.69, 9.17) is 0 Å². The van der Waals surface area contributed by atoms with E-state index in [2.05, 4.69) is 32.6 Å². The molecule has 0 radical (unpaired) electrons. The molecule has 2 rings (SSSR count). The van der Waals surface area contributed by atoms with Crippen molar-refractivity contribution in [3.63, 3.8) is 0 Å². The summed E-state index contributed by atoms with van der Waals surface area (Å²) in [5.74, 6) is 2.84. The van der Waals surface area contributed by atoms with Gasteiger partial charge in [0.2, 0.25) is 0 Å². The van der Waals surface area contributed by atoms with E-state index in [-0.39, 0.29) is 0 Å². The van der Waals surface area contributed by atoms with Gasteiger partial charge < -0.3 is 0 Å². The molecular formula is C16H24. The first-order valence-electron chi connectivity index (χ1n) is 6.72. The van der Waals surface area contributed by atoms with E-state index in [1.165, 1.54) is 37.7 Å². The average molecular weight is 216 g/mol. The lowest BCUT2D eigenvalue weighted by Crippen LogP contribution is -2.19. The van der Waals surface area contributed by atoms with Crippen molar-refractivity contribution >= 4 is 0 Å². The van der Waals surface area contributed by atoms with Crippen LogP contribution in [0.1, 0.15) is 46.0 Å². The Morgan fingerprint density at radius 2 is 2.12 bits per heavy atom. The molecule has 0 amide bonds. The molecule has 0 spiro atoms. The van der Waals surface area contributed by atoms with E-state index in [0.29, 0.717) is 0 Å². The Hall–Kier alpha value is -0.780. The van der Waals surface area contributed by atoms with E-state index < -0.39 is 0 Å². The van der Waals surface area contributed by atoms with E-state index in [1.807, 2.05) is 6.08 Å². The van der Waals surface area contributed by atoms with Crippen molar-refractivity contribution in [1.29, 1.82) is 0 Å². The van der Waals surface area contributed by atoms with Crippen LogP contribution in [0.4, 0.5) is 0 Å². The summed E-state index contributed by atoms with van der Waals surface area (Å²) in [4.78, 5) is 0. The van der Waals surface area contributed by atoms with Crippen molar-refractivity contribution in [1.82, 2.24) is 0 Å². The zero-order chi connectivity index (χ0) is 11.5. The number of fused-ring (bicyclic) bond motifs is 1. The predicted octanol–water partition coefficient (Wildman–Crippen LogP) is 4.89. The van der Waals surface area contributed by atoms with E-state index in [0.717, 1.165) is 17.8 Å². The number of rotatable bonds is 2. The maximum Gasteiger partial charge on any atom is -0.0169 e. The van der Waals surface area contributed by atoms with Crippen molar-refractivity contribution in [2.24, 2.45) is 17.8 Å². The Labute approximate surface area is 100 Å². The van der Waals surface area contributed by atoms with Gasteiger partial charge in [-0.2, -0.15) is 0 Å². The van der Waals surface area contributed by atoms with Gasteiger partial charge in [0.05, 0.1) is 0 Å². The van der Waals surface area contributed by atoms with Crippen LogP contribution in [0.5, 0.6) is 0 Å². The predicted molar refractivity (Wildman–Crippen MR) is 71.3 cm³/mol. The largest absolute Gasteiger partial charge is 0.0988 e. The summed E-state index contributed by atoms with van der Waals surface area (Å²) >= 11 is 0. The van der Waals surface area contributed by atoms with E-state index in [1.54, 1.807) is 5.57 Å². The molecule has 0 heterocycles. The van der Waals surface area contributed by atoms with E-state index >= 15 is 0 Å². The summed E-state index contributed by atoms with van der Waals surface area (Å²) < 4.78 is 0. The van der Waals surface area contributed by atoms with Crippen LogP contribution in [-0.4, -0.2) is 0 Å². The van der Waals surface area contributed by atoms with Crippen LogP contribution in [0.2, 0.25) is 0 Å². The highest BCUT2D eigenvalue weighted by molar-refractivity contribution is 5.25. The Morgan fingerprint density at radius 3 is 2.88 bits per heavy atom. The van der Waals surface area contributed by atoms with Gasteiger partial charge in [0.1, 0.15) is 0 Å². The molecule has 88 valence electrons. The first kappa shape index (κ1) is 11.7. The van der Waals surface area contributed by atoms with Crippen LogP contribution < -0.4 is 0 Å². The maximum atomic E-state index is 3.81. The average Bonchev–Trinajstić information content (AvgIpc) is 2.69. The fourth-order valence-electron chi connectivity index (χ4n) is 3.45. The molecule has 16 heavy (non-hydrogen) atoms. The fourth-order valence-corrected chi connectivity index (χ4v) is 3.45. The lowest BCUT2D eigenvalue weighted by Gasteiger charge is -2.30. The molecule has 0 aromatic rings. The number of hydrogen-bond donors (Lipinski definition) is 0. The SMILES string of the molecule is C=C/C(C)=C\C=C1/CCCC2C(C)CCC12. The summed E-state index contributed by atoms with van der Waals surface area (Å²) in [6, 6.07) is 0. The van der Waals surface area contributed by atoms with Gasteiger partial charge in [-0.1, -0.05) is 42.9 Å². The quantitative estimate of drug-likeness (QED) is 0.576. The topological polar surface area (TPSA) is 0 Å². The second-order valence-electron chi connectivity index (χ2n) is 5.57. The van der Waals surface area contributed by atoms with Gasteiger partial charge in [-0.15, -0.1) is 0 Å². The minimum atomic E-state index is 0.901. The molecule has 0 aliphatic heterocycles. The van der Waals surface area contributed by atoms with Crippen LogP contribution in [0.3, 0.4) is 0 Å². The minimum absolute atomic E-state index is 0.901. The van der Waals surface area contributed by atoms with Crippen molar-refractivity contribution in [2.75, 3.05) is 0 Å². The number of hydrogen-bond acceptors (Lipinski definition) is 0. The summed E-state index contributed by atoms with van der Waals surface area (Å²) in [5.41, 5.74) is 2.99.